The predicted molar refractivity (Wildman–Crippen MR) is 75.3 cm³/mol. The van der Waals surface area contributed by atoms with Crippen molar-refractivity contribution in [3.05, 3.63) is 28.0 Å². The molecule has 0 aliphatic rings. The smallest absolute Gasteiger partial charge is 0.179 e. The lowest BCUT2D eigenvalue weighted by Crippen LogP contribution is -2.16. The molecule has 19 heavy (non-hydrogen) atoms. The van der Waals surface area contributed by atoms with Gasteiger partial charge in [-0.1, -0.05) is 5.16 Å². The van der Waals surface area contributed by atoms with Gasteiger partial charge in [-0.05, 0) is 48.6 Å². The molecule has 0 spiro atoms. The molecule has 0 unspecified atom stereocenters. The molecule has 0 heterocycles. The van der Waals surface area contributed by atoms with Gasteiger partial charge in [0.1, 0.15) is 0 Å². The Kier molecular flexibility index (Phi) is 6.04. The summed E-state index contributed by atoms with van der Waals surface area (Å²) in [5.41, 5.74) is 5.70. The molecule has 0 radical (unpaired) electrons. The van der Waals surface area contributed by atoms with Crippen molar-refractivity contribution in [3.8, 4) is 5.75 Å². The number of oxime groups is 1. The van der Waals surface area contributed by atoms with Gasteiger partial charge in [0, 0.05) is 12.1 Å². The first kappa shape index (κ1) is 15.7. The topological polar surface area (TPSA) is 71.1 Å². The molecule has 0 saturated heterocycles. The number of ether oxygens (including phenoxy) is 1. The lowest BCUT2D eigenvalue weighted by Gasteiger charge is -2.12. The summed E-state index contributed by atoms with van der Waals surface area (Å²) in [5.74, 6) is -0.584. The maximum absolute atomic E-state index is 14.0. The number of hydrogen-bond donors (Lipinski definition) is 2. The van der Waals surface area contributed by atoms with Gasteiger partial charge >= 0.3 is 0 Å². The van der Waals surface area contributed by atoms with E-state index >= 15 is 0 Å². The number of benzene rings is 1. The monoisotopic (exact) mass is 333 g/mol. The van der Waals surface area contributed by atoms with Crippen LogP contribution >= 0.6 is 15.9 Å². The van der Waals surface area contributed by atoms with Gasteiger partial charge in [0.15, 0.2) is 17.4 Å². The van der Waals surface area contributed by atoms with Crippen LogP contribution in [0.2, 0.25) is 0 Å². The number of rotatable bonds is 6. The highest BCUT2D eigenvalue weighted by molar-refractivity contribution is 9.10. The summed E-state index contributed by atoms with van der Waals surface area (Å²) in [6, 6.07) is 2.99. The van der Waals surface area contributed by atoms with Gasteiger partial charge < -0.3 is 20.6 Å². The van der Waals surface area contributed by atoms with Crippen molar-refractivity contribution < 1.29 is 14.3 Å². The molecule has 0 bridgehead atoms. The molecular weight excluding hydrogens is 317 g/mol. The van der Waals surface area contributed by atoms with E-state index in [2.05, 4.69) is 21.1 Å². The Hall–Kier alpha value is -1.34. The third-order valence-electron chi connectivity index (χ3n) is 2.44. The van der Waals surface area contributed by atoms with E-state index < -0.39 is 5.82 Å². The highest BCUT2D eigenvalue weighted by Crippen LogP contribution is 2.28. The molecule has 1 aromatic carbocycles. The lowest BCUT2D eigenvalue weighted by atomic mass is 10.2. The van der Waals surface area contributed by atoms with Crippen molar-refractivity contribution in [2.24, 2.45) is 10.9 Å². The number of nitrogens with two attached hydrogens (primary N) is 1. The van der Waals surface area contributed by atoms with E-state index in [1.165, 1.54) is 12.1 Å². The van der Waals surface area contributed by atoms with Crippen LogP contribution in [0.1, 0.15) is 12.0 Å². The lowest BCUT2D eigenvalue weighted by molar-refractivity contribution is 0.270. The first-order valence-electron chi connectivity index (χ1n) is 5.70. The van der Waals surface area contributed by atoms with Gasteiger partial charge in [-0.2, -0.15) is 0 Å². The van der Waals surface area contributed by atoms with E-state index in [1.807, 2.05) is 19.0 Å². The number of nitrogens with zero attached hydrogens (tertiary/aromatic N) is 2. The molecule has 0 aliphatic carbocycles. The second-order valence-electron chi connectivity index (χ2n) is 4.23. The highest BCUT2D eigenvalue weighted by Gasteiger charge is 2.14. The average molecular weight is 334 g/mol. The predicted octanol–water partition coefficient (Wildman–Crippen LogP) is 2.01. The van der Waals surface area contributed by atoms with Gasteiger partial charge in [-0.25, -0.2) is 4.39 Å². The van der Waals surface area contributed by atoms with E-state index in [0.717, 1.165) is 13.0 Å². The standard InChI is InChI=1S/C12H17BrFN3O2/c1-17(2)6-3-7-19-9-5-4-8(12(15)16-18)10(13)11(9)14/h4-5,18H,3,6-7H2,1-2H3,(H2,15,16). The summed E-state index contributed by atoms with van der Waals surface area (Å²) >= 11 is 3.07. The molecule has 7 heteroatoms. The molecule has 0 aromatic heterocycles. The molecule has 0 saturated carbocycles. The zero-order valence-electron chi connectivity index (χ0n) is 10.9. The van der Waals surface area contributed by atoms with Crippen LogP contribution in [-0.2, 0) is 0 Å². The van der Waals surface area contributed by atoms with Crippen LogP contribution in [0.3, 0.4) is 0 Å². The fraction of sp³-hybridized carbons (Fsp3) is 0.417. The quantitative estimate of drug-likeness (QED) is 0.274. The fourth-order valence-electron chi connectivity index (χ4n) is 1.46. The largest absolute Gasteiger partial charge is 0.490 e. The second-order valence-corrected chi connectivity index (χ2v) is 5.02. The highest BCUT2D eigenvalue weighted by atomic mass is 79.9. The van der Waals surface area contributed by atoms with Crippen LogP contribution < -0.4 is 10.5 Å². The van der Waals surface area contributed by atoms with Gasteiger partial charge in [-0.3, -0.25) is 0 Å². The van der Waals surface area contributed by atoms with Crippen LogP contribution in [0, 0.1) is 5.82 Å². The Morgan fingerprint density at radius 2 is 2.21 bits per heavy atom. The summed E-state index contributed by atoms with van der Waals surface area (Å²) in [4.78, 5) is 2.02. The summed E-state index contributed by atoms with van der Waals surface area (Å²) < 4.78 is 19.5. The molecule has 106 valence electrons. The average Bonchev–Trinajstić information content (AvgIpc) is 2.38. The van der Waals surface area contributed by atoms with Crippen LogP contribution in [-0.4, -0.2) is 43.2 Å². The summed E-state index contributed by atoms with van der Waals surface area (Å²) in [6.45, 7) is 1.29. The first-order chi connectivity index (χ1) is 8.97. The molecule has 0 atom stereocenters. The van der Waals surface area contributed by atoms with E-state index in [-0.39, 0.29) is 21.6 Å². The van der Waals surface area contributed by atoms with Gasteiger partial charge in [0.05, 0.1) is 11.1 Å². The minimum Gasteiger partial charge on any atom is -0.490 e. The van der Waals surface area contributed by atoms with Crippen molar-refractivity contribution in [2.45, 2.75) is 6.42 Å². The van der Waals surface area contributed by atoms with Crippen molar-refractivity contribution >= 4 is 21.8 Å². The normalized spacial score (nSPS) is 11.9. The third kappa shape index (κ3) is 4.36. The van der Waals surface area contributed by atoms with Crippen LogP contribution in [0.25, 0.3) is 0 Å². The van der Waals surface area contributed by atoms with Crippen LogP contribution in [0.4, 0.5) is 4.39 Å². The number of halogens is 2. The van der Waals surface area contributed by atoms with E-state index in [9.17, 15) is 4.39 Å². The van der Waals surface area contributed by atoms with E-state index in [0.29, 0.717) is 6.61 Å². The molecular formula is C12H17BrFN3O2. The molecule has 0 amide bonds. The number of amidine groups is 1. The van der Waals surface area contributed by atoms with Crippen molar-refractivity contribution in [1.82, 2.24) is 4.90 Å². The summed E-state index contributed by atoms with van der Waals surface area (Å²) in [7, 11) is 3.92. The second kappa shape index (κ2) is 7.30. The Morgan fingerprint density at radius 1 is 1.53 bits per heavy atom. The zero-order valence-corrected chi connectivity index (χ0v) is 12.4. The van der Waals surface area contributed by atoms with Gasteiger partial charge in [-0.15, -0.1) is 0 Å². The molecule has 5 nitrogen and oxygen atoms in total. The Bertz CT molecular complexity index is 467. The summed E-state index contributed by atoms with van der Waals surface area (Å²) in [5, 5.41) is 11.4. The molecule has 1 rings (SSSR count). The SMILES string of the molecule is CN(C)CCCOc1ccc(/C(N)=N/O)c(Br)c1F. The first-order valence-corrected chi connectivity index (χ1v) is 6.50. The fourth-order valence-corrected chi connectivity index (χ4v) is 1.99. The van der Waals surface area contributed by atoms with E-state index in [1.54, 1.807) is 0 Å². The minimum absolute atomic E-state index is 0.118. The van der Waals surface area contributed by atoms with Crippen molar-refractivity contribution in [3.63, 3.8) is 0 Å². The molecule has 0 fully saturated rings. The maximum atomic E-state index is 14.0. The van der Waals surface area contributed by atoms with Gasteiger partial charge in [0.2, 0.25) is 0 Å². The Balaban J connectivity index is 2.74. The Labute approximate surface area is 120 Å². The van der Waals surface area contributed by atoms with E-state index in [4.69, 9.17) is 15.7 Å². The van der Waals surface area contributed by atoms with Crippen molar-refractivity contribution in [1.29, 1.82) is 0 Å². The molecule has 3 N–H and O–H groups in total. The summed E-state index contributed by atoms with van der Waals surface area (Å²) in [6.07, 6.45) is 0.798. The number of hydrogen-bond acceptors (Lipinski definition) is 4. The van der Waals surface area contributed by atoms with Gasteiger partial charge in [0.25, 0.3) is 0 Å². The van der Waals surface area contributed by atoms with Crippen molar-refractivity contribution in [2.75, 3.05) is 27.2 Å². The van der Waals surface area contributed by atoms with Crippen LogP contribution in [0.5, 0.6) is 5.75 Å². The minimum atomic E-state index is -0.561. The third-order valence-corrected chi connectivity index (χ3v) is 3.21. The zero-order chi connectivity index (χ0) is 14.4. The molecule has 1 aromatic rings. The maximum Gasteiger partial charge on any atom is 0.179 e. The van der Waals surface area contributed by atoms with Crippen LogP contribution in [0.15, 0.2) is 21.8 Å². The Morgan fingerprint density at radius 3 is 2.79 bits per heavy atom. The molecule has 0 aliphatic heterocycles.